The Morgan fingerprint density at radius 3 is 3.06 bits per heavy atom. The minimum Gasteiger partial charge on any atom is -0.316 e. The molecule has 0 spiro atoms. The second-order valence-electron chi connectivity index (χ2n) is 5.87. The first-order valence-electron chi connectivity index (χ1n) is 6.82. The Balaban J connectivity index is 1.96. The van der Waals surface area contributed by atoms with E-state index in [1.807, 2.05) is 12.3 Å². The molecule has 1 saturated heterocycles. The van der Waals surface area contributed by atoms with Crippen molar-refractivity contribution < 1.29 is 0 Å². The summed E-state index contributed by atoms with van der Waals surface area (Å²) in [5, 5.41) is 3.47. The smallest absolute Gasteiger partial charge is 0.160 e. The van der Waals surface area contributed by atoms with Crippen LogP contribution in [0.5, 0.6) is 0 Å². The lowest BCUT2D eigenvalue weighted by Crippen LogP contribution is -2.29. The topological polar surface area (TPSA) is 42.7 Å². The average molecular weight is 242 g/mol. The number of aromatic nitrogens is 3. The van der Waals surface area contributed by atoms with Gasteiger partial charge in [-0.2, -0.15) is 0 Å². The van der Waals surface area contributed by atoms with Gasteiger partial charge in [-0.25, -0.2) is 9.97 Å². The molecule has 1 N–H and O–H groups in total. The number of nitrogens with one attached hydrogen (secondary N) is 1. The molecule has 94 valence electrons. The van der Waals surface area contributed by atoms with Crippen molar-refractivity contribution in [2.45, 2.75) is 37.6 Å². The van der Waals surface area contributed by atoms with Gasteiger partial charge in [0.15, 0.2) is 5.65 Å². The summed E-state index contributed by atoms with van der Waals surface area (Å²) >= 11 is 0. The first kappa shape index (κ1) is 10.5. The Bertz CT molecular complexity index is 591. The summed E-state index contributed by atoms with van der Waals surface area (Å²) in [5.41, 5.74) is 2.29. The van der Waals surface area contributed by atoms with Crippen molar-refractivity contribution >= 4 is 11.2 Å². The third kappa shape index (κ3) is 1.42. The van der Waals surface area contributed by atoms with E-state index in [0.717, 1.165) is 24.3 Å². The van der Waals surface area contributed by atoms with E-state index in [2.05, 4.69) is 27.9 Å². The second-order valence-corrected chi connectivity index (χ2v) is 5.87. The zero-order valence-electron chi connectivity index (χ0n) is 10.7. The minimum atomic E-state index is 0.170. The van der Waals surface area contributed by atoms with Crippen LogP contribution in [0.25, 0.3) is 11.2 Å². The standard InChI is InChI=1S/C14H18N4/c1-14(6-8-15-9-14)13-17-11-3-2-7-16-12(11)18(13)10-4-5-10/h2-3,7,10,15H,4-6,8-9H2,1H3. The molecular formula is C14H18N4. The van der Waals surface area contributed by atoms with Crippen LogP contribution in [0.1, 0.15) is 38.1 Å². The molecule has 1 aliphatic heterocycles. The highest BCUT2D eigenvalue weighted by Gasteiger charge is 2.39. The number of hydrogen-bond donors (Lipinski definition) is 1. The van der Waals surface area contributed by atoms with Gasteiger partial charge < -0.3 is 9.88 Å². The Kier molecular flexibility index (Phi) is 2.07. The molecule has 3 heterocycles. The molecule has 4 heteroatoms. The van der Waals surface area contributed by atoms with Gasteiger partial charge in [0.05, 0.1) is 0 Å². The second kappa shape index (κ2) is 3.54. The Labute approximate surface area is 106 Å². The van der Waals surface area contributed by atoms with E-state index in [-0.39, 0.29) is 5.41 Å². The summed E-state index contributed by atoms with van der Waals surface area (Å²) in [6.07, 6.45) is 5.60. The van der Waals surface area contributed by atoms with Crippen molar-refractivity contribution in [3.63, 3.8) is 0 Å². The van der Waals surface area contributed by atoms with Crippen molar-refractivity contribution in [1.29, 1.82) is 0 Å². The monoisotopic (exact) mass is 242 g/mol. The number of rotatable bonds is 2. The zero-order valence-corrected chi connectivity index (χ0v) is 10.7. The Morgan fingerprint density at radius 1 is 1.44 bits per heavy atom. The summed E-state index contributed by atoms with van der Waals surface area (Å²) in [5.74, 6) is 1.24. The summed E-state index contributed by atoms with van der Waals surface area (Å²) in [6.45, 7) is 4.45. The van der Waals surface area contributed by atoms with Gasteiger partial charge in [0.1, 0.15) is 11.3 Å². The van der Waals surface area contributed by atoms with E-state index in [4.69, 9.17) is 4.98 Å². The molecule has 1 unspecified atom stereocenters. The van der Waals surface area contributed by atoms with Gasteiger partial charge in [0, 0.05) is 24.2 Å². The maximum Gasteiger partial charge on any atom is 0.160 e. The number of pyridine rings is 1. The molecule has 4 nitrogen and oxygen atoms in total. The maximum atomic E-state index is 4.89. The summed E-state index contributed by atoms with van der Waals surface area (Å²) in [4.78, 5) is 9.43. The lowest BCUT2D eigenvalue weighted by Gasteiger charge is -2.23. The fourth-order valence-electron chi connectivity index (χ4n) is 3.04. The summed E-state index contributed by atoms with van der Waals surface area (Å²) in [6, 6.07) is 4.69. The van der Waals surface area contributed by atoms with E-state index >= 15 is 0 Å². The highest BCUT2D eigenvalue weighted by atomic mass is 15.2. The minimum absolute atomic E-state index is 0.170. The number of fused-ring (bicyclic) bond motifs is 1. The van der Waals surface area contributed by atoms with Crippen molar-refractivity contribution in [1.82, 2.24) is 19.9 Å². The fraction of sp³-hybridized carbons (Fsp3) is 0.571. The molecule has 0 amide bonds. The average Bonchev–Trinajstić information content (AvgIpc) is 2.99. The van der Waals surface area contributed by atoms with Gasteiger partial charge in [-0.15, -0.1) is 0 Å². The third-order valence-corrected chi connectivity index (χ3v) is 4.27. The predicted molar refractivity (Wildman–Crippen MR) is 70.6 cm³/mol. The zero-order chi connectivity index (χ0) is 12.2. The van der Waals surface area contributed by atoms with Gasteiger partial charge in [-0.3, -0.25) is 0 Å². The third-order valence-electron chi connectivity index (χ3n) is 4.27. The first-order valence-corrected chi connectivity index (χ1v) is 6.82. The largest absolute Gasteiger partial charge is 0.316 e. The molecule has 1 aliphatic carbocycles. The van der Waals surface area contributed by atoms with E-state index in [0.29, 0.717) is 6.04 Å². The molecule has 2 fully saturated rings. The molecule has 2 aromatic rings. The van der Waals surface area contributed by atoms with E-state index < -0.39 is 0 Å². The molecule has 1 saturated carbocycles. The highest BCUT2D eigenvalue weighted by Crippen LogP contribution is 2.42. The van der Waals surface area contributed by atoms with Gasteiger partial charge in [-0.1, -0.05) is 6.92 Å². The molecular weight excluding hydrogens is 224 g/mol. The molecule has 18 heavy (non-hydrogen) atoms. The van der Waals surface area contributed by atoms with Crippen LogP contribution in [0.3, 0.4) is 0 Å². The number of imidazole rings is 1. The normalized spacial score (nSPS) is 28.1. The van der Waals surface area contributed by atoms with Gasteiger partial charge in [-0.05, 0) is 37.9 Å². The molecule has 0 bridgehead atoms. The fourth-order valence-corrected chi connectivity index (χ4v) is 3.04. The lowest BCUT2D eigenvalue weighted by molar-refractivity contribution is 0.461. The van der Waals surface area contributed by atoms with Crippen molar-refractivity contribution in [2.75, 3.05) is 13.1 Å². The van der Waals surface area contributed by atoms with Crippen LogP contribution in [0.2, 0.25) is 0 Å². The number of hydrogen-bond acceptors (Lipinski definition) is 3. The molecule has 2 aromatic heterocycles. The summed E-state index contributed by atoms with van der Waals surface area (Å²) < 4.78 is 2.41. The van der Waals surface area contributed by atoms with Crippen molar-refractivity contribution in [3.8, 4) is 0 Å². The Morgan fingerprint density at radius 2 is 2.33 bits per heavy atom. The van der Waals surface area contributed by atoms with Crippen LogP contribution in [-0.2, 0) is 5.41 Å². The van der Waals surface area contributed by atoms with Gasteiger partial charge in [0.25, 0.3) is 0 Å². The highest BCUT2D eigenvalue weighted by molar-refractivity contribution is 5.72. The molecule has 0 radical (unpaired) electrons. The van der Waals surface area contributed by atoms with Crippen molar-refractivity contribution in [2.24, 2.45) is 0 Å². The van der Waals surface area contributed by atoms with E-state index in [1.165, 1.54) is 25.1 Å². The van der Waals surface area contributed by atoms with Crippen LogP contribution in [0.15, 0.2) is 18.3 Å². The quantitative estimate of drug-likeness (QED) is 0.876. The molecule has 2 aliphatic rings. The molecule has 0 aromatic carbocycles. The van der Waals surface area contributed by atoms with Crippen LogP contribution >= 0.6 is 0 Å². The molecule has 4 rings (SSSR count). The van der Waals surface area contributed by atoms with Crippen LogP contribution < -0.4 is 5.32 Å². The van der Waals surface area contributed by atoms with E-state index in [9.17, 15) is 0 Å². The Hall–Kier alpha value is -1.42. The SMILES string of the molecule is CC1(c2nc3cccnc3n2C2CC2)CCNC1. The van der Waals surface area contributed by atoms with E-state index in [1.54, 1.807) is 0 Å². The lowest BCUT2D eigenvalue weighted by atomic mass is 9.89. The summed E-state index contributed by atoms with van der Waals surface area (Å²) in [7, 11) is 0. The van der Waals surface area contributed by atoms with Gasteiger partial charge in [0.2, 0.25) is 0 Å². The van der Waals surface area contributed by atoms with Crippen LogP contribution in [0.4, 0.5) is 0 Å². The van der Waals surface area contributed by atoms with Crippen LogP contribution in [0, 0.1) is 0 Å². The predicted octanol–water partition coefficient (Wildman–Crippen LogP) is 2.02. The maximum absolute atomic E-state index is 4.89. The van der Waals surface area contributed by atoms with Crippen molar-refractivity contribution in [3.05, 3.63) is 24.2 Å². The molecule has 1 atom stereocenters. The number of nitrogens with zero attached hydrogens (tertiary/aromatic N) is 3. The first-order chi connectivity index (χ1) is 8.78. The van der Waals surface area contributed by atoms with Crippen LogP contribution in [-0.4, -0.2) is 27.6 Å². The van der Waals surface area contributed by atoms with Gasteiger partial charge >= 0.3 is 0 Å².